The number of fused-ring (bicyclic) bond motifs is 1. The predicted molar refractivity (Wildman–Crippen MR) is 109 cm³/mol. The molecule has 134 valence electrons. The molecule has 1 aliphatic carbocycles. The summed E-state index contributed by atoms with van der Waals surface area (Å²) in [5, 5.41) is 3.17. The number of pyridine rings is 1. The van der Waals surface area contributed by atoms with Gasteiger partial charge in [0.05, 0.1) is 6.04 Å². The molecule has 1 aromatic heterocycles. The second kappa shape index (κ2) is 7.20. The minimum atomic E-state index is -0.0712. The van der Waals surface area contributed by atoms with E-state index in [-0.39, 0.29) is 11.9 Å². The molecule has 0 aliphatic heterocycles. The monoisotopic (exact) mass is 354 g/mol. The molecule has 3 heteroatoms. The third-order valence-electron chi connectivity index (χ3n) is 5.24. The Morgan fingerprint density at radius 3 is 2.63 bits per heavy atom. The summed E-state index contributed by atoms with van der Waals surface area (Å²) in [5.74, 6) is 0.0166. The van der Waals surface area contributed by atoms with Gasteiger partial charge < -0.3 is 5.32 Å². The maximum atomic E-state index is 12.9. The third kappa shape index (κ3) is 3.41. The minimum Gasteiger partial charge on any atom is -0.346 e. The van der Waals surface area contributed by atoms with Crippen molar-refractivity contribution in [1.29, 1.82) is 0 Å². The Kier molecular flexibility index (Phi) is 4.59. The van der Waals surface area contributed by atoms with Crippen molar-refractivity contribution in [1.82, 2.24) is 10.3 Å². The summed E-state index contributed by atoms with van der Waals surface area (Å²) in [6, 6.07) is 20.4. The van der Waals surface area contributed by atoms with Gasteiger partial charge in [-0.05, 0) is 59.4 Å². The molecule has 0 saturated carbocycles. The van der Waals surface area contributed by atoms with Gasteiger partial charge in [-0.25, -0.2) is 0 Å². The van der Waals surface area contributed by atoms with Crippen LogP contribution in [0, 0.1) is 0 Å². The Bertz CT molecular complexity index is 1020. The molecule has 0 saturated heterocycles. The number of benzene rings is 2. The fourth-order valence-electron chi connectivity index (χ4n) is 3.66. The molecule has 1 atom stereocenters. The largest absolute Gasteiger partial charge is 0.346 e. The van der Waals surface area contributed by atoms with Crippen LogP contribution in [-0.2, 0) is 11.2 Å². The van der Waals surface area contributed by atoms with Crippen molar-refractivity contribution in [3.05, 3.63) is 95.3 Å². The van der Waals surface area contributed by atoms with E-state index in [1.807, 2.05) is 50.4 Å². The number of hydrogen-bond acceptors (Lipinski definition) is 2. The van der Waals surface area contributed by atoms with Crippen LogP contribution in [0.3, 0.4) is 0 Å². The summed E-state index contributed by atoms with van der Waals surface area (Å²) in [6.45, 7) is 4.06. The number of aromatic nitrogens is 1. The van der Waals surface area contributed by atoms with Crippen LogP contribution in [0.5, 0.6) is 0 Å². The van der Waals surface area contributed by atoms with Gasteiger partial charge in [-0.3, -0.25) is 9.78 Å². The molecular weight excluding hydrogens is 332 g/mol. The number of nitrogens with one attached hydrogen (secondary N) is 1. The predicted octanol–water partition coefficient (Wildman–Crippen LogP) is 4.96. The van der Waals surface area contributed by atoms with E-state index in [1.54, 1.807) is 6.20 Å². The van der Waals surface area contributed by atoms with Crippen LogP contribution in [0.2, 0.25) is 0 Å². The van der Waals surface area contributed by atoms with Gasteiger partial charge in [-0.15, -0.1) is 0 Å². The van der Waals surface area contributed by atoms with Gasteiger partial charge in [0.25, 0.3) is 0 Å². The molecule has 0 spiro atoms. The number of allylic oxidation sites excluding steroid dienone is 1. The number of hydrogen-bond donors (Lipinski definition) is 1. The van der Waals surface area contributed by atoms with Crippen LogP contribution < -0.4 is 5.32 Å². The molecule has 27 heavy (non-hydrogen) atoms. The number of rotatable bonds is 4. The number of carbonyl (C=O) groups is 1. The standard InChI is InChI=1S/C24H22N2O/c1-16-22-11-4-3-7-20(22)14-23(16)24(27)26-17(2)18-8-5-9-19(13-18)21-10-6-12-25-15-21/h3-13,15,17H,14H2,1-2H3,(H,26,27)/t17-/m0/s1. The topological polar surface area (TPSA) is 42.0 Å². The highest BCUT2D eigenvalue weighted by molar-refractivity contribution is 6.03. The minimum absolute atomic E-state index is 0.0166. The molecule has 4 rings (SSSR count). The molecule has 0 bridgehead atoms. The summed E-state index contributed by atoms with van der Waals surface area (Å²) in [6.07, 6.45) is 4.33. The van der Waals surface area contributed by atoms with Crippen LogP contribution in [0.15, 0.2) is 78.6 Å². The lowest BCUT2D eigenvalue weighted by Crippen LogP contribution is -2.28. The quantitative estimate of drug-likeness (QED) is 0.720. The second-order valence-corrected chi connectivity index (χ2v) is 7.00. The Hall–Kier alpha value is -3.20. The Balaban J connectivity index is 1.53. The first kappa shape index (κ1) is 17.2. The number of amides is 1. The van der Waals surface area contributed by atoms with E-state index >= 15 is 0 Å². The van der Waals surface area contributed by atoms with E-state index in [4.69, 9.17) is 0 Å². The SMILES string of the molecule is CC1=C(C(=O)N[C@@H](C)c2cccc(-c3cccnc3)c2)Cc2ccccc21. The highest BCUT2D eigenvalue weighted by atomic mass is 16.1. The average Bonchev–Trinajstić information content (AvgIpc) is 3.06. The summed E-state index contributed by atoms with van der Waals surface area (Å²) < 4.78 is 0. The lowest BCUT2D eigenvalue weighted by atomic mass is 10.0. The molecule has 1 amide bonds. The molecule has 0 fully saturated rings. The van der Waals surface area contributed by atoms with Crippen LogP contribution in [0.4, 0.5) is 0 Å². The van der Waals surface area contributed by atoms with E-state index in [2.05, 4.69) is 40.6 Å². The maximum Gasteiger partial charge on any atom is 0.248 e. The van der Waals surface area contributed by atoms with Gasteiger partial charge in [-0.1, -0.05) is 48.5 Å². The van der Waals surface area contributed by atoms with Gasteiger partial charge >= 0.3 is 0 Å². The average molecular weight is 354 g/mol. The van der Waals surface area contributed by atoms with Crippen molar-refractivity contribution >= 4 is 11.5 Å². The van der Waals surface area contributed by atoms with Crippen LogP contribution in [0.1, 0.15) is 36.6 Å². The summed E-state index contributed by atoms with van der Waals surface area (Å²) in [7, 11) is 0. The fourth-order valence-corrected chi connectivity index (χ4v) is 3.66. The van der Waals surface area contributed by atoms with Crippen molar-refractivity contribution < 1.29 is 4.79 Å². The van der Waals surface area contributed by atoms with Crippen molar-refractivity contribution in [3.8, 4) is 11.1 Å². The second-order valence-electron chi connectivity index (χ2n) is 7.00. The molecule has 2 aromatic carbocycles. The van der Waals surface area contributed by atoms with E-state index in [9.17, 15) is 4.79 Å². The highest BCUT2D eigenvalue weighted by Crippen LogP contribution is 2.32. The number of carbonyl (C=O) groups excluding carboxylic acids is 1. The molecule has 0 unspecified atom stereocenters. The smallest absolute Gasteiger partial charge is 0.248 e. The van der Waals surface area contributed by atoms with E-state index in [0.717, 1.165) is 27.8 Å². The first-order valence-corrected chi connectivity index (χ1v) is 9.23. The molecule has 1 N–H and O–H groups in total. The van der Waals surface area contributed by atoms with Crippen molar-refractivity contribution in [2.24, 2.45) is 0 Å². The van der Waals surface area contributed by atoms with Crippen molar-refractivity contribution in [3.63, 3.8) is 0 Å². The number of nitrogens with zero attached hydrogens (tertiary/aromatic N) is 1. The molecular formula is C24H22N2O. The Morgan fingerprint density at radius 2 is 1.85 bits per heavy atom. The Labute approximate surface area is 159 Å². The zero-order chi connectivity index (χ0) is 18.8. The molecule has 1 aliphatic rings. The fraction of sp³-hybridized carbons (Fsp3) is 0.167. The van der Waals surface area contributed by atoms with E-state index in [0.29, 0.717) is 6.42 Å². The van der Waals surface area contributed by atoms with Gasteiger partial charge in [0.1, 0.15) is 0 Å². The third-order valence-corrected chi connectivity index (χ3v) is 5.24. The maximum absolute atomic E-state index is 12.9. The lowest BCUT2D eigenvalue weighted by molar-refractivity contribution is -0.118. The highest BCUT2D eigenvalue weighted by Gasteiger charge is 2.24. The normalized spacial score (nSPS) is 14.0. The van der Waals surface area contributed by atoms with Gasteiger partial charge in [-0.2, -0.15) is 0 Å². The summed E-state index contributed by atoms with van der Waals surface area (Å²) >= 11 is 0. The van der Waals surface area contributed by atoms with Gasteiger partial charge in [0.15, 0.2) is 0 Å². The lowest BCUT2D eigenvalue weighted by Gasteiger charge is -2.16. The van der Waals surface area contributed by atoms with E-state index < -0.39 is 0 Å². The zero-order valence-corrected chi connectivity index (χ0v) is 15.6. The Morgan fingerprint density at radius 1 is 1.04 bits per heavy atom. The first-order chi connectivity index (χ1) is 13.1. The summed E-state index contributed by atoms with van der Waals surface area (Å²) in [5.41, 5.74) is 7.62. The molecule has 1 heterocycles. The zero-order valence-electron chi connectivity index (χ0n) is 15.6. The van der Waals surface area contributed by atoms with E-state index in [1.165, 1.54) is 11.1 Å². The van der Waals surface area contributed by atoms with Crippen molar-refractivity contribution in [2.45, 2.75) is 26.3 Å². The van der Waals surface area contributed by atoms with Crippen molar-refractivity contribution in [2.75, 3.05) is 0 Å². The summed E-state index contributed by atoms with van der Waals surface area (Å²) in [4.78, 5) is 17.1. The molecule has 3 nitrogen and oxygen atoms in total. The van der Waals surface area contributed by atoms with Gasteiger partial charge in [0.2, 0.25) is 5.91 Å². The molecule has 3 aromatic rings. The van der Waals surface area contributed by atoms with Crippen LogP contribution in [-0.4, -0.2) is 10.9 Å². The van der Waals surface area contributed by atoms with Crippen LogP contribution in [0.25, 0.3) is 16.7 Å². The first-order valence-electron chi connectivity index (χ1n) is 9.23. The molecule has 0 radical (unpaired) electrons. The van der Waals surface area contributed by atoms with Crippen LogP contribution >= 0.6 is 0 Å². The van der Waals surface area contributed by atoms with Gasteiger partial charge in [0, 0.05) is 24.4 Å².